The van der Waals surface area contributed by atoms with Gasteiger partial charge in [-0.2, -0.15) is 5.10 Å². The van der Waals surface area contributed by atoms with Crippen LogP contribution in [0.25, 0.3) is 22.9 Å². The first-order chi connectivity index (χ1) is 13.5. The van der Waals surface area contributed by atoms with Gasteiger partial charge in [-0.25, -0.2) is 19.4 Å². The molecule has 0 spiro atoms. The zero-order valence-corrected chi connectivity index (χ0v) is 15.9. The smallest absolute Gasteiger partial charge is 0.312 e. The molecule has 1 aromatic carbocycles. The van der Waals surface area contributed by atoms with Gasteiger partial charge in [-0.3, -0.25) is 0 Å². The van der Waals surface area contributed by atoms with Crippen LogP contribution in [-0.4, -0.2) is 43.5 Å². The summed E-state index contributed by atoms with van der Waals surface area (Å²) in [4.78, 5) is 20.1. The van der Waals surface area contributed by atoms with Crippen molar-refractivity contribution in [1.29, 1.82) is 0 Å². The number of benzene rings is 1. The van der Waals surface area contributed by atoms with Crippen LogP contribution in [0, 0.1) is 0 Å². The number of hydrogen-bond donors (Lipinski definition) is 2. The van der Waals surface area contributed by atoms with Gasteiger partial charge in [0.1, 0.15) is 30.2 Å². The maximum Gasteiger partial charge on any atom is 0.312 e. The monoisotopic (exact) mass is 381 g/mol. The molecule has 4 rings (SSSR count). The van der Waals surface area contributed by atoms with E-state index < -0.39 is 6.03 Å². The van der Waals surface area contributed by atoms with Crippen LogP contribution in [0.2, 0.25) is 0 Å². The lowest BCUT2D eigenvalue weighted by Crippen LogP contribution is -2.30. The molecule has 3 heterocycles. The van der Waals surface area contributed by atoms with Crippen molar-refractivity contribution in [2.75, 3.05) is 13.2 Å². The molecule has 1 aliphatic heterocycles. The summed E-state index contributed by atoms with van der Waals surface area (Å²) < 4.78 is 9.91. The Bertz CT molecular complexity index is 1010. The summed E-state index contributed by atoms with van der Waals surface area (Å²) in [5.74, 6) is 2.40. The third-order valence-corrected chi connectivity index (χ3v) is 4.66. The number of hydrogen-bond acceptors (Lipinski definition) is 5. The van der Waals surface area contributed by atoms with Gasteiger partial charge in [-0.05, 0) is 38.0 Å². The van der Waals surface area contributed by atoms with E-state index in [0.717, 1.165) is 34.2 Å². The van der Waals surface area contributed by atoms with Crippen LogP contribution in [0.15, 0.2) is 30.7 Å². The van der Waals surface area contributed by atoms with Gasteiger partial charge < -0.3 is 20.4 Å². The highest BCUT2D eigenvalue weighted by atomic mass is 16.5. The lowest BCUT2D eigenvalue weighted by molar-refractivity contribution is 0.249. The van der Waals surface area contributed by atoms with Crippen molar-refractivity contribution in [2.24, 2.45) is 5.73 Å². The number of carbonyl (C=O) groups is 1. The molecule has 3 aromatic rings. The third-order valence-electron chi connectivity index (χ3n) is 4.66. The van der Waals surface area contributed by atoms with Gasteiger partial charge in [0.05, 0.1) is 12.1 Å². The molecule has 2 aromatic heterocycles. The predicted molar refractivity (Wildman–Crippen MR) is 104 cm³/mol. The van der Waals surface area contributed by atoms with Crippen molar-refractivity contribution in [3.8, 4) is 28.7 Å². The molecule has 28 heavy (non-hydrogen) atoms. The summed E-state index contributed by atoms with van der Waals surface area (Å²) in [5.41, 5.74) is 7.91. The second kappa shape index (κ2) is 7.34. The van der Waals surface area contributed by atoms with Crippen molar-refractivity contribution < 1.29 is 9.53 Å². The summed E-state index contributed by atoms with van der Waals surface area (Å²) in [6.45, 7) is 5.87. The summed E-state index contributed by atoms with van der Waals surface area (Å²) in [6.07, 6.45) is 4.24. The molecule has 0 bridgehead atoms. The highest BCUT2D eigenvalue weighted by Crippen LogP contribution is 2.34. The van der Waals surface area contributed by atoms with E-state index in [1.54, 1.807) is 6.33 Å². The van der Waals surface area contributed by atoms with Crippen LogP contribution in [0.4, 0.5) is 4.79 Å². The summed E-state index contributed by atoms with van der Waals surface area (Å²) in [5, 5.41) is 6.91. The van der Waals surface area contributed by atoms with Crippen LogP contribution in [-0.2, 0) is 13.0 Å². The Morgan fingerprint density at radius 3 is 3.00 bits per heavy atom. The molecular formula is C19H23N7O2. The number of nitrogens with one attached hydrogen (secondary N) is 1. The van der Waals surface area contributed by atoms with Gasteiger partial charge in [0, 0.05) is 18.8 Å². The average Bonchev–Trinajstić information content (AvgIpc) is 3.26. The number of primary amides is 1. The molecule has 0 atom stereocenters. The van der Waals surface area contributed by atoms with Crippen LogP contribution >= 0.6 is 0 Å². The fourth-order valence-corrected chi connectivity index (χ4v) is 3.33. The molecule has 146 valence electrons. The lowest BCUT2D eigenvalue weighted by Gasteiger charge is -2.09. The molecule has 0 aliphatic carbocycles. The largest absolute Gasteiger partial charge is 0.491 e. The van der Waals surface area contributed by atoms with Gasteiger partial charge in [0.15, 0.2) is 5.82 Å². The summed E-state index contributed by atoms with van der Waals surface area (Å²) in [7, 11) is 0. The number of imidazole rings is 1. The third kappa shape index (κ3) is 3.42. The van der Waals surface area contributed by atoms with E-state index in [9.17, 15) is 4.79 Å². The minimum absolute atomic E-state index is 0.200. The molecule has 0 saturated carbocycles. The van der Waals surface area contributed by atoms with Crippen molar-refractivity contribution >= 4 is 6.03 Å². The quantitative estimate of drug-likeness (QED) is 0.702. The Kier molecular flexibility index (Phi) is 4.72. The van der Waals surface area contributed by atoms with Crippen molar-refractivity contribution in [3.05, 3.63) is 36.3 Å². The number of amides is 2. The molecule has 0 radical (unpaired) electrons. The van der Waals surface area contributed by atoms with Gasteiger partial charge in [-0.15, -0.1) is 0 Å². The Balaban J connectivity index is 1.66. The molecule has 2 amide bonds. The maximum atomic E-state index is 10.8. The number of nitrogens with two attached hydrogens (primary N) is 1. The number of urea groups is 1. The molecule has 9 heteroatoms. The number of ether oxygens (including phenoxy) is 1. The SMILES string of the molecule is CC(C)n1ncnc1-c1cn2c(n1)-c1ccc(CCNC(N)=O)cc1OCC2. The normalized spacial score (nSPS) is 12.8. The fraction of sp³-hybridized carbons (Fsp3) is 0.368. The summed E-state index contributed by atoms with van der Waals surface area (Å²) in [6, 6.07) is 5.71. The maximum absolute atomic E-state index is 10.8. The molecule has 1 aliphatic rings. The number of rotatable bonds is 5. The van der Waals surface area contributed by atoms with Crippen molar-refractivity contribution in [3.63, 3.8) is 0 Å². The fourth-order valence-electron chi connectivity index (χ4n) is 3.33. The van der Waals surface area contributed by atoms with Gasteiger partial charge in [0.2, 0.25) is 0 Å². The van der Waals surface area contributed by atoms with Gasteiger partial charge in [0.25, 0.3) is 0 Å². The van der Waals surface area contributed by atoms with E-state index in [4.69, 9.17) is 15.5 Å². The average molecular weight is 381 g/mol. The van der Waals surface area contributed by atoms with E-state index in [1.807, 2.05) is 29.1 Å². The molecule has 0 saturated heterocycles. The molecule has 0 unspecified atom stereocenters. The zero-order valence-electron chi connectivity index (χ0n) is 15.9. The topological polar surface area (TPSA) is 113 Å². The van der Waals surface area contributed by atoms with Gasteiger partial charge in [-0.1, -0.05) is 6.07 Å². The molecular weight excluding hydrogens is 358 g/mol. The van der Waals surface area contributed by atoms with E-state index in [1.165, 1.54) is 0 Å². The van der Waals surface area contributed by atoms with Gasteiger partial charge >= 0.3 is 6.03 Å². The minimum Gasteiger partial charge on any atom is -0.491 e. The van der Waals surface area contributed by atoms with Crippen molar-refractivity contribution in [2.45, 2.75) is 32.9 Å². The van der Waals surface area contributed by atoms with Crippen LogP contribution < -0.4 is 15.8 Å². The first kappa shape index (κ1) is 18.0. The Morgan fingerprint density at radius 2 is 2.21 bits per heavy atom. The molecule has 9 nitrogen and oxygen atoms in total. The first-order valence-corrected chi connectivity index (χ1v) is 9.29. The Hall–Kier alpha value is -3.36. The standard InChI is InChI=1S/C19H23N7O2/c1-12(2)26-18(22-11-23-26)15-10-25-7-8-28-16-9-13(5-6-21-19(20)27)3-4-14(16)17(25)24-15/h3-4,9-12H,5-8H2,1-2H3,(H3,20,21,27). The van der Waals surface area contributed by atoms with Crippen molar-refractivity contribution in [1.82, 2.24) is 29.6 Å². The highest BCUT2D eigenvalue weighted by molar-refractivity contribution is 5.71. The second-order valence-corrected chi connectivity index (χ2v) is 6.99. The van der Waals surface area contributed by atoms with Crippen LogP contribution in [0.3, 0.4) is 0 Å². The van der Waals surface area contributed by atoms with Crippen LogP contribution in [0.1, 0.15) is 25.5 Å². The Labute approximate surface area is 162 Å². The number of fused-ring (bicyclic) bond motifs is 3. The lowest BCUT2D eigenvalue weighted by atomic mass is 10.1. The molecule has 0 fully saturated rings. The second-order valence-electron chi connectivity index (χ2n) is 6.99. The number of aromatic nitrogens is 5. The first-order valence-electron chi connectivity index (χ1n) is 9.29. The zero-order chi connectivity index (χ0) is 19.7. The van der Waals surface area contributed by atoms with E-state index in [0.29, 0.717) is 26.1 Å². The Morgan fingerprint density at radius 1 is 1.36 bits per heavy atom. The van der Waals surface area contributed by atoms with E-state index in [2.05, 4.69) is 33.8 Å². The van der Waals surface area contributed by atoms with Crippen LogP contribution in [0.5, 0.6) is 5.75 Å². The molecule has 3 N–H and O–H groups in total. The number of carbonyl (C=O) groups excluding carboxylic acids is 1. The highest BCUT2D eigenvalue weighted by Gasteiger charge is 2.21. The minimum atomic E-state index is -0.519. The summed E-state index contributed by atoms with van der Waals surface area (Å²) >= 11 is 0. The predicted octanol–water partition coefficient (Wildman–Crippen LogP) is 1.99. The van der Waals surface area contributed by atoms with E-state index >= 15 is 0 Å². The van der Waals surface area contributed by atoms with E-state index in [-0.39, 0.29) is 6.04 Å². The number of nitrogens with zero attached hydrogens (tertiary/aromatic N) is 5.